The fourth-order valence-corrected chi connectivity index (χ4v) is 2.51. The summed E-state index contributed by atoms with van der Waals surface area (Å²) in [7, 11) is 0. The summed E-state index contributed by atoms with van der Waals surface area (Å²) in [6.07, 6.45) is 1.02. The zero-order chi connectivity index (χ0) is 13.2. The van der Waals surface area contributed by atoms with Crippen LogP contribution in [-0.2, 0) is 0 Å². The molecule has 0 aromatic heterocycles. The topological polar surface area (TPSA) is 43.7 Å². The predicted molar refractivity (Wildman–Crippen MR) is 72.7 cm³/mol. The second-order valence-corrected chi connectivity index (χ2v) is 5.82. The third-order valence-corrected chi connectivity index (χ3v) is 3.76. The highest BCUT2D eigenvalue weighted by molar-refractivity contribution is 6.30. The lowest BCUT2D eigenvalue weighted by molar-refractivity contribution is 0.0655. The number of halogens is 1. The number of aliphatic hydroxyl groups excluding tert-OH is 1. The average molecular weight is 270 g/mol. The van der Waals surface area contributed by atoms with Crippen molar-refractivity contribution in [3.8, 4) is 0 Å². The van der Waals surface area contributed by atoms with Crippen molar-refractivity contribution in [1.82, 2.24) is 4.90 Å². The Hall–Kier alpha value is -0.610. The van der Waals surface area contributed by atoms with Gasteiger partial charge in [0.05, 0.1) is 11.7 Å². The number of likely N-dealkylation sites (tertiary alicyclic amines) is 1. The number of rotatable bonds is 4. The highest BCUT2D eigenvalue weighted by Gasteiger charge is 2.31. The Morgan fingerprint density at radius 3 is 2.61 bits per heavy atom. The molecule has 0 aliphatic carbocycles. The molecule has 1 aliphatic rings. The molecule has 100 valence electrons. The van der Waals surface area contributed by atoms with E-state index in [4.69, 9.17) is 11.6 Å². The first-order valence-electron chi connectivity index (χ1n) is 6.34. The van der Waals surface area contributed by atoms with Crippen molar-refractivity contribution in [2.24, 2.45) is 0 Å². The molecule has 2 rings (SSSR count). The SMILES string of the molecule is CC1(O)CCN(CCC(O)c2ccc(Cl)cc2)C1. The quantitative estimate of drug-likeness (QED) is 0.881. The van der Waals surface area contributed by atoms with E-state index in [0.717, 1.165) is 25.1 Å². The number of aliphatic hydroxyl groups is 2. The van der Waals surface area contributed by atoms with Crippen molar-refractivity contribution in [1.29, 1.82) is 0 Å². The molecule has 0 spiro atoms. The van der Waals surface area contributed by atoms with Gasteiger partial charge in [-0.25, -0.2) is 0 Å². The van der Waals surface area contributed by atoms with Crippen LogP contribution in [0.1, 0.15) is 31.4 Å². The third kappa shape index (κ3) is 3.69. The first-order valence-corrected chi connectivity index (χ1v) is 6.72. The van der Waals surface area contributed by atoms with Gasteiger partial charge in [0.15, 0.2) is 0 Å². The summed E-state index contributed by atoms with van der Waals surface area (Å²) in [4.78, 5) is 2.19. The van der Waals surface area contributed by atoms with Crippen molar-refractivity contribution in [3.63, 3.8) is 0 Å². The minimum absolute atomic E-state index is 0.465. The Labute approximate surface area is 113 Å². The summed E-state index contributed by atoms with van der Waals surface area (Å²) < 4.78 is 0. The fourth-order valence-electron chi connectivity index (χ4n) is 2.39. The van der Waals surface area contributed by atoms with Crippen molar-refractivity contribution in [2.75, 3.05) is 19.6 Å². The smallest absolute Gasteiger partial charge is 0.0802 e. The highest BCUT2D eigenvalue weighted by Crippen LogP contribution is 2.23. The van der Waals surface area contributed by atoms with Crippen LogP contribution in [0, 0.1) is 0 Å². The second kappa shape index (κ2) is 5.57. The molecule has 4 heteroatoms. The minimum atomic E-state index is -0.564. The maximum atomic E-state index is 10.1. The van der Waals surface area contributed by atoms with E-state index >= 15 is 0 Å². The zero-order valence-electron chi connectivity index (χ0n) is 10.6. The molecule has 0 saturated carbocycles. The standard InChI is InChI=1S/C14H20ClNO2/c1-14(18)7-9-16(10-14)8-6-13(17)11-2-4-12(15)5-3-11/h2-5,13,17-18H,6-10H2,1H3. The normalized spacial score (nSPS) is 26.4. The van der Waals surface area contributed by atoms with E-state index in [2.05, 4.69) is 4.90 Å². The van der Waals surface area contributed by atoms with E-state index in [9.17, 15) is 10.2 Å². The van der Waals surface area contributed by atoms with Gasteiger partial charge in [-0.2, -0.15) is 0 Å². The van der Waals surface area contributed by atoms with E-state index in [-0.39, 0.29) is 0 Å². The summed E-state index contributed by atoms with van der Waals surface area (Å²) in [5.74, 6) is 0. The van der Waals surface area contributed by atoms with Crippen LogP contribution in [0.2, 0.25) is 5.02 Å². The molecular weight excluding hydrogens is 250 g/mol. The van der Waals surface area contributed by atoms with Gasteiger partial charge in [-0.1, -0.05) is 23.7 Å². The molecule has 1 fully saturated rings. The van der Waals surface area contributed by atoms with Gasteiger partial charge in [0.2, 0.25) is 0 Å². The van der Waals surface area contributed by atoms with E-state index in [0.29, 0.717) is 18.0 Å². The molecule has 1 aromatic carbocycles. The summed E-state index contributed by atoms with van der Waals surface area (Å²) in [6.45, 7) is 4.27. The zero-order valence-corrected chi connectivity index (χ0v) is 11.4. The van der Waals surface area contributed by atoms with Gasteiger partial charge in [0.1, 0.15) is 0 Å². The van der Waals surface area contributed by atoms with Crippen molar-refractivity contribution >= 4 is 11.6 Å². The van der Waals surface area contributed by atoms with Gasteiger partial charge in [-0.3, -0.25) is 0 Å². The molecule has 1 aromatic rings. The Kier molecular flexibility index (Phi) is 4.28. The molecule has 0 bridgehead atoms. The monoisotopic (exact) mass is 269 g/mol. The van der Waals surface area contributed by atoms with Crippen LogP contribution in [0.15, 0.2) is 24.3 Å². The first kappa shape index (κ1) is 13.8. The molecular formula is C14H20ClNO2. The van der Waals surface area contributed by atoms with Crippen molar-refractivity contribution in [3.05, 3.63) is 34.9 Å². The van der Waals surface area contributed by atoms with Crippen LogP contribution in [0.5, 0.6) is 0 Å². The molecule has 18 heavy (non-hydrogen) atoms. The Balaban J connectivity index is 1.82. The summed E-state index contributed by atoms with van der Waals surface area (Å²) >= 11 is 5.81. The number of hydrogen-bond acceptors (Lipinski definition) is 3. The Morgan fingerprint density at radius 2 is 2.06 bits per heavy atom. The number of hydrogen-bond donors (Lipinski definition) is 2. The van der Waals surface area contributed by atoms with E-state index in [1.54, 1.807) is 12.1 Å². The molecule has 1 heterocycles. The van der Waals surface area contributed by atoms with Crippen LogP contribution in [-0.4, -0.2) is 40.3 Å². The van der Waals surface area contributed by atoms with Crippen LogP contribution in [0.25, 0.3) is 0 Å². The summed E-state index contributed by atoms with van der Waals surface area (Å²) in [6, 6.07) is 7.29. The number of β-amino-alcohol motifs (C(OH)–C–C–N with tert-alkyl or cyclic N) is 1. The van der Waals surface area contributed by atoms with Crippen LogP contribution >= 0.6 is 11.6 Å². The molecule has 3 nitrogen and oxygen atoms in total. The lowest BCUT2D eigenvalue weighted by Crippen LogP contribution is -2.30. The van der Waals surface area contributed by atoms with Crippen LogP contribution < -0.4 is 0 Å². The summed E-state index contributed by atoms with van der Waals surface area (Å²) in [5.41, 5.74) is 0.330. The lowest BCUT2D eigenvalue weighted by Gasteiger charge is -2.20. The molecule has 1 saturated heterocycles. The fraction of sp³-hybridized carbons (Fsp3) is 0.571. The highest BCUT2D eigenvalue weighted by atomic mass is 35.5. The van der Waals surface area contributed by atoms with Gasteiger partial charge < -0.3 is 15.1 Å². The van der Waals surface area contributed by atoms with E-state index < -0.39 is 11.7 Å². The molecule has 2 N–H and O–H groups in total. The Morgan fingerprint density at radius 1 is 1.39 bits per heavy atom. The number of nitrogens with zero attached hydrogens (tertiary/aromatic N) is 1. The van der Waals surface area contributed by atoms with Gasteiger partial charge in [0.25, 0.3) is 0 Å². The molecule has 2 unspecified atom stereocenters. The lowest BCUT2D eigenvalue weighted by atomic mass is 10.1. The van der Waals surface area contributed by atoms with Crippen molar-refractivity contribution < 1.29 is 10.2 Å². The summed E-state index contributed by atoms with van der Waals surface area (Å²) in [5, 5.41) is 20.6. The molecule has 0 amide bonds. The molecule has 1 aliphatic heterocycles. The second-order valence-electron chi connectivity index (χ2n) is 5.38. The van der Waals surface area contributed by atoms with E-state index in [1.807, 2.05) is 19.1 Å². The maximum absolute atomic E-state index is 10.1. The molecule has 0 radical (unpaired) electrons. The van der Waals surface area contributed by atoms with Gasteiger partial charge in [0, 0.05) is 24.7 Å². The first-order chi connectivity index (χ1) is 8.46. The molecule has 2 atom stereocenters. The number of benzene rings is 1. The average Bonchev–Trinajstić information content (AvgIpc) is 2.67. The van der Waals surface area contributed by atoms with Crippen LogP contribution in [0.4, 0.5) is 0 Å². The van der Waals surface area contributed by atoms with Crippen LogP contribution in [0.3, 0.4) is 0 Å². The third-order valence-electron chi connectivity index (χ3n) is 3.50. The predicted octanol–water partition coefficient (Wildman–Crippen LogP) is 2.22. The van der Waals surface area contributed by atoms with Crippen molar-refractivity contribution in [2.45, 2.75) is 31.5 Å². The maximum Gasteiger partial charge on any atom is 0.0802 e. The van der Waals surface area contributed by atoms with Gasteiger partial charge >= 0.3 is 0 Å². The minimum Gasteiger partial charge on any atom is -0.389 e. The van der Waals surface area contributed by atoms with Gasteiger partial charge in [-0.15, -0.1) is 0 Å². The Bertz CT molecular complexity index is 391. The van der Waals surface area contributed by atoms with E-state index in [1.165, 1.54) is 0 Å². The largest absolute Gasteiger partial charge is 0.389 e. The van der Waals surface area contributed by atoms with Gasteiger partial charge in [-0.05, 0) is 37.5 Å².